The van der Waals surface area contributed by atoms with Crippen LogP contribution in [0.4, 0.5) is 4.39 Å². The molecule has 1 aliphatic rings. The van der Waals surface area contributed by atoms with Crippen LogP contribution in [0.2, 0.25) is 0 Å². The molecule has 3 rings (SSSR count). The molecule has 6 nitrogen and oxygen atoms in total. The summed E-state index contributed by atoms with van der Waals surface area (Å²) in [4.78, 5) is 19.1. The molecule has 1 aromatic carbocycles. The molecule has 0 spiro atoms. The zero-order valence-corrected chi connectivity index (χ0v) is 14.6. The summed E-state index contributed by atoms with van der Waals surface area (Å²) < 4.78 is 25.6. The lowest BCUT2D eigenvalue weighted by Gasteiger charge is -2.25. The predicted molar refractivity (Wildman–Crippen MR) is 92.8 cm³/mol. The molecule has 7 heteroatoms. The van der Waals surface area contributed by atoms with Crippen molar-refractivity contribution in [3.05, 3.63) is 35.8 Å². The van der Waals surface area contributed by atoms with E-state index in [9.17, 15) is 9.18 Å². The molecular weight excluding hydrogens is 339 g/mol. The number of carbonyl (C=O) groups is 1. The molecule has 1 fully saturated rings. The van der Waals surface area contributed by atoms with Gasteiger partial charge in [-0.1, -0.05) is 0 Å². The van der Waals surface area contributed by atoms with E-state index < -0.39 is 11.8 Å². The first kappa shape index (κ1) is 18.1. The lowest BCUT2D eigenvalue weighted by atomic mass is 9.96. The molecule has 26 heavy (non-hydrogen) atoms. The average Bonchev–Trinajstić information content (AvgIpc) is 2.56. The van der Waals surface area contributed by atoms with Crippen molar-refractivity contribution in [2.24, 2.45) is 0 Å². The molecular formula is C19H21FN2O4. The number of aliphatic carboxylic acids is 1. The van der Waals surface area contributed by atoms with E-state index in [1.807, 2.05) is 0 Å². The second kappa shape index (κ2) is 8.12. The summed E-state index contributed by atoms with van der Waals surface area (Å²) in [5.74, 6) is -0.416. The van der Waals surface area contributed by atoms with Crippen LogP contribution in [-0.4, -0.2) is 33.8 Å². The molecule has 1 heterocycles. The third-order valence-electron chi connectivity index (χ3n) is 4.24. The van der Waals surface area contributed by atoms with Crippen molar-refractivity contribution in [3.63, 3.8) is 0 Å². The van der Waals surface area contributed by atoms with Crippen molar-refractivity contribution in [1.29, 1.82) is 0 Å². The number of aryl methyl sites for hydroxylation is 1. The Morgan fingerprint density at radius 3 is 2.85 bits per heavy atom. The van der Waals surface area contributed by atoms with Gasteiger partial charge >= 0.3 is 5.97 Å². The molecule has 0 saturated heterocycles. The molecule has 0 atom stereocenters. The highest BCUT2D eigenvalue weighted by molar-refractivity contribution is 5.66. The molecule has 1 aromatic heterocycles. The highest BCUT2D eigenvalue weighted by atomic mass is 19.1. The largest absolute Gasteiger partial charge is 0.490 e. The smallest absolute Gasteiger partial charge is 0.303 e. The Hall–Kier alpha value is -2.70. The summed E-state index contributed by atoms with van der Waals surface area (Å²) in [7, 11) is 0. The molecule has 0 amide bonds. The molecule has 2 aromatic rings. The van der Waals surface area contributed by atoms with Crippen LogP contribution in [0, 0.1) is 12.7 Å². The molecule has 138 valence electrons. The van der Waals surface area contributed by atoms with Crippen LogP contribution in [0.1, 0.15) is 37.7 Å². The van der Waals surface area contributed by atoms with Crippen molar-refractivity contribution in [2.45, 2.75) is 45.1 Å². The van der Waals surface area contributed by atoms with Crippen molar-refractivity contribution < 1.29 is 23.8 Å². The Bertz CT molecular complexity index is 770. The number of hydrogen-bond donors (Lipinski definition) is 1. The van der Waals surface area contributed by atoms with E-state index in [0.29, 0.717) is 29.3 Å². The lowest BCUT2D eigenvalue weighted by Crippen LogP contribution is -2.25. The third kappa shape index (κ3) is 4.47. The van der Waals surface area contributed by atoms with E-state index in [0.717, 1.165) is 12.8 Å². The van der Waals surface area contributed by atoms with Gasteiger partial charge in [-0.2, -0.15) is 4.98 Å². The van der Waals surface area contributed by atoms with Crippen LogP contribution in [0.5, 0.6) is 11.6 Å². The fourth-order valence-corrected chi connectivity index (χ4v) is 2.65. The zero-order valence-electron chi connectivity index (χ0n) is 14.6. The third-order valence-corrected chi connectivity index (χ3v) is 4.24. The number of hydrogen-bond acceptors (Lipinski definition) is 5. The van der Waals surface area contributed by atoms with Crippen molar-refractivity contribution in [2.75, 3.05) is 6.61 Å². The van der Waals surface area contributed by atoms with E-state index in [1.54, 1.807) is 25.3 Å². The minimum atomic E-state index is -0.901. The normalized spacial score (nSPS) is 13.9. The maximum Gasteiger partial charge on any atom is 0.303 e. The average molecular weight is 360 g/mol. The van der Waals surface area contributed by atoms with Gasteiger partial charge in [0.05, 0.1) is 6.61 Å². The fraction of sp³-hybridized carbons (Fsp3) is 0.421. The minimum Gasteiger partial charge on any atom is -0.490 e. The molecule has 1 aliphatic carbocycles. The standard InChI is InChI=1S/C19H21FN2O4/c1-12-10-13(11-15(20)18(12)25-9-3-6-17(23)24)19-21-8-7-16(22-19)26-14-4-2-5-14/h7-8,10-11,14H,2-6,9H2,1H3,(H,23,24). The van der Waals surface area contributed by atoms with Gasteiger partial charge in [-0.05, 0) is 50.3 Å². The van der Waals surface area contributed by atoms with E-state index in [2.05, 4.69) is 9.97 Å². The number of halogens is 1. The first-order valence-electron chi connectivity index (χ1n) is 8.68. The van der Waals surface area contributed by atoms with Crippen LogP contribution < -0.4 is 9.47 Å². The molecule has 0 bridgehead atoms. The SMILES string of the molecule is Cc1cc(-c2nccc(OC3CCC3)n2)cc(F)c1OCCCC(=O)O. The van der Waals surface area contributed by atoms with E-state index in [1.165, 1.54) is 12.5 Å². The van der Waals surface area contributed by atoms with Crippen LogP contribution in [0.3, 0.4) is 0 Å². The van der Waals surface area contributed by atoms with Gasteiger partial charge in [0.2, 0.25) is 5.88 Å². The Labute approximate surface area is 151 Å². The molecule has 0 unspecified atom stereocenters. The van der Waals surface area contributed by atoms with Crippen LogP contribution in [-0.2, 0) is 4.79 Å². The fourth-order valence-electron chi connectivity index (χ4n) is 2.65. The van der Waals surface area contributed by atoms with E-state index >= 15 is 0 Å². The van der Waals surface area contributed by atoms with Crippen LogP contribution >= 0.6 is 0 Å². The number of rotatable bonds is 8. The molecule has 0 radical (unpaired) electrons. The van der Waals surface area contributed by atoms with Gasteiger partial charge in [0, 0.05) is 24.2 Å². The summed E-state index contributed by atoms with van der Waals surface area (Å²) in [6.07, 6.45) is 5.33. The minimum absolute atomic E-state index is 0.0135. The summed E-state index contributed by atoms with van der Waals surface area (Å²) >= 11 is 0. The van der Waals surface area contributed by atoms with E-state index in [-0.39, 0.29) is 24.9 Å². The monoisotopic (exact) mass is 360 g/mol. The topological polar surface area (TPSA) is 81.5 Å². The Balaban J connectivity index is 1.72. The highest BCUT2D eigenvalue weighted by Gasteiger charge is 2.20. The second-order valence-corrected chi connectivity index (χ2v) is 6.34. The maximum atomic E-state index is 14.4. The molecule has 1 saturated carbocycles. The Morgan fingerprint density at radius 1 is 1.38 bits per heavy atom. The van der Waals surface area contributed by atoms with Gasteiger partial charge < -0.3 is 14.6 Å². The van der Waals surface area contributed by atoms with Gasteiger partial charge in [-0.25, -0.2) is 9.37 Å². The summed E-state index contributed by atoms with van der Waals surface area (Å²) in [6.45, 7) is 1.87. The summed E-state index contributed by atoms with van der Waals surface area (Å²) in [6, 6.07) is 4.77. The van der Waals surface area contributed by atoms with Gasteiger partial charge in [0.1, 0.15) is 6.10 Å². The quantitative estimate of drug-likeness (QED) is 0.722. The second-order valence-electron chi connectivity index (χ2n) is 6.34. The zero-order chi connectivity index (χ0) is 18.5. The Morgan fingerprint density at radius 2 is 2.19 bits per heavy atom. The van der Waals surface area contributed by atoms with Crippen LogP contribution in [0.25, 0.3) is 11.4 Å². The van der Waals surface area contributed by atoms with Gasteiger partial charge in [0.25, 0.3) is 0 Å². The van der Waals surface area contributed by atoms with Gasteiger partial charge in [-0.15, -0.1) is 0 Å². The number of ether oxygens (including phenoxy) is 2. The highest BCUT2D eigenvalue weighted by Crippen LogP contribution is 2.29. The van der Waals surface area contributed by atoms with Crippen molar-refractivity contribution in [1.82, 2.24) is 9.97 Å². The van der Waals surface area contributed by atoms with Gasteiger partial charge in [-0.3, -0.25) is 4.79 Å². The lowest BCUT2D eigenvalue weighted by molar-refractivity contribution is -0.137. The maximum absolute atomic E-state index is 14.4. The van der Waals surface area contributed by atoms with Gasteiger partial charge in [0.15, 0.2) is 17.4 Å². The number of nitrogens with zero attached hydrogens (tertiary/aromatic N) is 2. The first-order chi connectivity index (χ1) is 12.5. The van der Waals surface area contributed by atoms with Crippen LogP contribution in [0.15, 0.2) is 24.4 Å². The van der Waals surface area contributed by atoms with Crippen molar-refractivity contribution >= 4 is 5.97 Å². The molecule has 1 N–H and O–H groups in total. The predicted octanol–water partition coefficient (Wildman–Crippen LogP) is 3.77. The van der Waals surface area contributed by atoms with Crippen molar-refractivity contribution in [3.8, 4) is 23.0 Å². The summed E-state index contributed by atoms with van der Waals surface area (Å²) in [5, 5.41) is 8.62. The number of carboxylic acid groups (broad SMARTS) is 1. The number of benzene rings is 1. The number of aromatic nitrogens is 2. The Kier molecular flexibility index (Phi) is 5.65. The van der Waals surface area contributed by atoms with E-state index in [4.69, 9.17) is 14.6 Å². The summed E-state index contributed by atoms with van der Waals surface area (Å²) in [5.41, 5.74) is 1.14. The first-order valence-corrected chi connectivity index (χ1v) is 8.68. The molecule has 0 aliphatic heterocycles. The number of carboxylic acids is 1.